The Morgan fingerprint density at radius 2 is 1.83 bits per heavy atom. The second-order valence-corrected chi connectivity index (χ2v) is 2.51. The standard InChI is InChI=1S/C11H8N/c1-2-6-10(7-3-1)11-8-4-5-9-12-11/h1-4,6-9H. The van der Waals surface area contributed by atoms with Crippen LogP contribution in [-0.2, 0) is 0 Å². The second-order valence-electron chi connectivity index (χ2n) is 2.51. The van der Waals surface area contributed by atoms with Crippen molar-refractivity contribution in [2.45, 2.75) is 0 Å². The van der Waals surface area contributed by atoms with Gasteiger partial charge in [-0.2, -0.15) is 0 Å². The normalized spacial score (nSPS) is 9.67. The van der Waals surface area contributed by atoms with Crippen molar-refractivity contribution in [2.75, 3.05) is 0 Å². The fourth-order valence-corrected chi connectivity index (χ4v) is 1.10. The van der Waals surface area contributed by atoms with E-state index in [9.17, 15) is 0 Å². The topological polar surface area (TPSA) is 12.9 Å². The zero-order valence-electron chi connectivity index (χ0n) is 6.57. The van der Waals surface area contributed by atoms with Crippen LogP contribution in [0.15, 0.2) is 48.7 Å². The third-order valence-corrected chi connectivity index (χ3v) is 1.69. The van der Waals surface area contributed by atoms with Crippen LogP contribution in [0.5, 0.6) is 0 Å². The van der Waals surface area contributed by atoms with Gasteiger partial charge in [0.1, 0.15) is 0 Å². The molecule has 0 saturated carbocycles. The van der Waals surface area contributed by atoms with Crippen molar-refractivity contribution in [1.82, 2.24) is 4.98 Å². The van der Waals surface area contributed by atoms with Gasteiger partial charge in [0.15, 0.2) is 0 Å². The maximum absolute atomic E-state index is 4.19. The number of rotatable bonds is 1. The van der Waals surface area contributed by atoms with Crippen LogP contribution in [0.25, 0.3) is 11.3 Å². The van der Waals surface area contributed by atoms with Crippen LogP contribution in [-0.4, -0.2) is 4.98 Å². The Morgan fingerprint density at radius 1 is 1.00 bits per heavy atom. The van der Waals surface area contributed by atoms with Crippen molar-refractivity contribution in [3.05, 3.63) is 54.7 Å². The van der Waals surface area contributed by atoms with Crippen LogP contribution in [0.1, 0.15) is 0 Å². The third-order valence-electron chi connectivity index (χ3n) is 1.69. The minimum Gasteiger partial charge on any atom is -0.256 e. The summed E-state index contributed by atoms with van der Waals surface area (Å²) in [5, 5.41) is 0. The molecular weight excluding hydrogens is 146 g/mol. The molecule has 0 aliphatic rings. The van der Waals surface area contributed by atoms with Gasteiger partial charge >= 0.3 is 0 Å². The minimum atomic E-state index is 0.995. The molecule has 1 aromatic heterocycles. The summed E-state index contributed by atoms with van der Waals surface area (Å²) in [6, 6.07) is 16.8. The van der Waals surface area contributed by atoms with Crippen LogP contribution in [0.2, 0.25) is 0 Å². The van der Waals surface area contributed by atoms with Gasteiger partial charge in [-0.3, -0.25) is 4.98 Å². The zero-order chi connectivity index (χ0) is 8.23. The van der Waals surface area contributed by atoms with E-state index in [1.807, 2.05) is 42.5 Å². The molecule has 1 heterocycles. The summed E-state index contributed by atoms with van der Waals surface area (Å²) in [5.74, 6) is 0. The van der Waals surface area contributed by atoms with Crippen molar-refractivity contribution in [2.24, 2.45) is 0 Å². The van der Waals surface area contributed by atoms with Gasteiger partial charge in [-0.25, -0.2) is 0 Å². The molecule has 2 rings (SSSR count). The molecule has 0 spiro atoms. The maximum atomic E-state index is 4.19. The molecule has 0 N–H and O–H groups in total. The molecule has 1 aromatic carbocycles. The average Bonchev–Trinajstić information content (AvgIpc) is 2.21. The van der Waals surface area contributed by atoms with Crippen LogP contribution >= 0.6 is 0 Å². The summed E-state index contributed by atoms with van der Waals surface area (Å²) in [4.78, 5) is 4.19. The van der Waals surface area contributed by atoms with Crippen molar-refractivity contribution in [3.63, 3.8) is 0 Å². The van der Waals surface area contributed by atoms with E-state index in [1.165, 1.54) is 0 Å². The highest BCUT2D eigenvalue weighted by Gasteiger charge is 1.93. The average molecular weight is 154 g/mol. The molecule has 1 radical (unpaired) electrons. The Labute approximate surface area is 71.7 Å². The van der Waals surface area contributed by atoms with E-state index in [1.54, 1.807) is 6.20 Å². The van der Waals surface area contributed by atoms with E-state index in [4.69, 9.17) is 0 Å². The van der Waals surface area contributed by atoms with E-state index in [2.05, 4.69) is 11.1 Å². The van der Waals surface area contributed by atoms with Gasteiger partial charge in [0, 0.05) is 17.8 Å². The lowest BCUT2D eigenvalue weighted by Gasteiger charge is -1.97. The van der Waals surface area contributed by atoms with Crippen LogP contribution < -0.4 is 0 Å². The monoisotopic (exact) mass is 154 g/mol. The molecule has 57 valence electrons. The smallest absolute Gasteiger partial charge is 0.0702 e. The lowest BCUT2D eigenvalue weighted by molar-refractivity contribution is 1.32. The lowest BCUT2D eigenvalue weighted by atomic mass is 10.1. The highest BCUT2D eigenvalue weighted by molar-refractivity contribution is 5.58. The van der Waals surface area contributed by atoms with E-state index in [-0.39, 0.29) is 0 Å². The number of aromatic nitrogens is 1. The molecular formula is C11H8N. The molecule has 0 aliphatic heterocycles. The Hall–Kier alpha value is -1.63. The number of pyridine rings is 1. The van der Waals surface area contributed by atoms with Crippen molar-refractivity contribution < 1.29 is 0 Å². The van der Waals surface area contributed by atoms with Crippen LogP contribution in [0, 0.1) is 6.07 Å². The van der Waals surface area contributed by atoms with Gasteiger partial charge in [-0.05, 0) is 6.07 Å². The molecule has 0 unspecified atom stereocenters. The van der Waals surface area contributed by atoms with Crippen molar-refractivity contribution in [1.29, 1.82) is 0 Å². The highest BCUT2D eigenvalue weighted by Crippen LogP contribution is 2.14. The second kappa shape index (κ2) is 3.18. The van der Waals surface area contributed by atoms with Crippen molar-refractivity contribution >= 4 is 0 Å². The van der Waals surface area contributed by atoms with Gasteiger partial charge in [0.25, 0.3) is 0 Å². The van der Waals surface area contributed by atoms with E-state index < -0.39 is 0 Å². The highest BCUT2D eigenvalue weighted by atomic mass is 14.7. The van der Waals surface area contributed by atoms with Gasteiger partial charge in [-0.15, -0.1) is 0 Å². The first-order chi connectivity index (χ1) is 5.97. The molecule has 0 aliphatic carbocycles. The largest absolute Gasteiger partial charge is 0.256 e. The predicted octanol–water partition coefficient (Wildman–Crippen LogP) is 2.55. The van der Waals surface area contributed by atoms with E-state index in [0.29, 0.717) is 0 Å². The number of benzene rings is 1. The molecule has 0 fully saturated rings. The predicted molar refractivity (Wildman–Crippen MR) is 48.5 cm³/mol. The summed E-state index contributed by atoms with van der Waals surface area (Å²) in [6.07, 6.45) is 1.68. The number of hydrogen-bond donors (Lipinski definition) is 0. The summed E-state index contributed by atoms with van der Waals surface area (Å²) >= 11 is 0. The number of hydrogen-bond acceptors (Lipinski definition) is 1. The summed E-state index contributed by atoms with van der Waals surface area (Å²) in [5.41, 5.74) is 2.14. The first-order valence-electron chi connectivity index (χ1n) is 3.84. The molecule has 0 saturated heterocycles. The van der Waals surface area contributed by atoms with E-state index >= 15 is 0 Å². The lowest BCUT2D eigenvalue weighted by Crippen LogP contribution is -1.79. The summed E-state index contributed by atoms with van der Waals surface area (Å²) < 4.78 is 0. The molecule has 1 heteroatoms. The molecule has 0 atom stereocenters. The van der Waals surface area contributed by atoms with Crippen molar-refractivity contribution in [3.8, 4) is 11.3 Å². The van der Waals surface area contributed by atoms with Gasteiger partial charge < -0.3 is 0 Å². The van der Waals surface area contributed by atoms with Gasteiger partial charge in [0.05, 0.1) is 5.69 Å². The maximum Gasteiger partial charge on any atom is 0.0702 e. The molecule has 12 heavy (non-hydrogen) atoms. The van der Waals surface area contributed by atoms with Crippen LogP contribution in [0.3, 0.4) is 0 Å². The summed E-state index contributed by atoms with van der Waals surface area (Å²) in [6.45, 7) is 0. The SMILES string of the molecule is [c]1ccc(-c2ccccc2)nc1. The van der Waals surface area contributed by atoms with E-state index in [0.717, 1.165) is 11.3 Å². The van der Waals surface area contributed by atoms with Gasteiger partial charge in [-0.1, -0.05) is 36.4 Å². The number of nitrogens with zero attached hydrogens (tertiary/aromatic N) is 1. The Balaban J connectivity index is 2.46. The molecule has 0 bridgehead atoms. The third kappa shape index (κ3) is 1.35. The minimum absolute atomic E-state index is 0.995. The summed E-state index contributed by atoms with van der Waals surface area (Å²) in [7, 11) is 0. The Kier molecular flexibility index (Phi) is 1.87. The fourth-order valence-electron chi connectivity index (χ4n) is 1.10. The zero-order valence-corrected chi connectivity index (χ0v) is 6.57. The Bertz CT molecular complexity index is 302. The first-order valence-corrected chi connectivity index (χ1v) is 3.84. The quantitative estimate of drug-likeness (QED) is 0.615. The molecule has 1 nitrogen and oxygen atoms in total. The first kappa shape index (κ1) is 7.04. The Morgan fingerprint density at radius 3 is 2.50 bits per heavy atom. The van der Waals surface area contributed by atoms with Crippen LogP contribution in [0.4, 0.5) is 0 Å². The fraction of sp³-hybridized carbons (Fsp3) is 0. The van der Waals surface area contributed by atoms with Gasteiger partial charge in [0.2, 0.25) is 0 Å². The molecule has 0 amide bonds. The molecule has 2 aromatic rings.